The molecule has 0 amide bonds. The van der Waals surface area contributed by atoms with E-state index in [0.717, 1.165) is 49.7 Å². The van der Waals surface area contributed by atoms with E-state index in [2.05, 4.69) is 13.8 Å². The van der Waals surface area contributed by atoms with Gasteiger partial charge in [0.1, 0.15) is 12.2 Å². The molecule has 0 fully saturated rings. The van der Waals surface area contributed by atoms with Gasteiger partial charge < -0.3 is 38.7 Å². The second-order valence-electron chi connectivity index (χ2n) is 17.5. The van der Waals surface area contributed by atoms with Crippen LogP contribution in [0.4, 0.5) is 0 Å². The third kappa shape index (κ3) is 38.5. The predicted molar refractivity (Wildman–Crippen MR) is 258 cm³/mol. The van der Waals surface area contributed by atoms with Gasteiger partial charge in [-0.05, 0) is 49.7 Å². The van der Waals surface area contributed by atoms with Crippen LogP contribution in [0.5, 0.6) is 0 Å². The molecule has 0 saturated carbocycles. The summed E-state index contributed by atoms with van der Waals surface area (Å²) in [7, 11) is 0. The summed E-state index contributed by atoms with van der Waals surface area (Å²) in [5.74, 6) is -3.91. The molecule has 0 radical (unpaired) electrons. The summed E-state index contributed by atoms with van der Waals surface area (Å²) >= 11 is 0. The van der Waals surface area contributed by atoms with Gasteiger partial charge in [0.25, 0.3) is 0 Å². The molecule has 0 heterocycles. The first-order valence-electron chi connectivity index (χ1n) is 25.1. The van der Waals surface area contributed by atoms with E-state index in [9.17, 15) is 29.4 Å². The van der Waals surface area contributed by atoms with Gasteiger partial charge in [0, 0.05) is 13.8 Å². The van der Waals surface area contributed by atoms with Crippen molar-refractivity contribution in [3.63, 3.8) is 0 Å². The molecule has 0 N–H and O–H groups in total. The van der Waals surface area contributed by atoms with Crippen LogP contribution in [0.2, 0.25) is 0 Å². The van der Waals surface area contributed by atoms with Gasteiger partial charge >= 0.3 is 60.8 Å². The van der Waals surface area contributed by atoms with Crippen molar-refractivity contribution in [1.82, 2.24) is 0 Å². The van der Waals surface area contributed by atoms with E-state index in [4.69, 9.17) is 18.9 Å². The first-order valence-corrected chi connectivity index (χ1v) is 25.1. The Morgan fingerprint density at radius 3 is 0.954 bits per heavy atom. The van der Waals surface area contributed by atoms with Crippen LogP contribution in [0.3, 0.4) is 0 Å². The second-order valence-corrected chi connectivity index (χ2v) is 17.5. The molecular weight excluding hydrogens is 946 g/mol. The summed E-state index contributed by atoms with van der Waals surface area (Å²) in [6.07, 6.45) is 28.9. The Hall–Kier alpha value is -2.19. The Morgan fingerprint density at radius 2 is 0.692 bits per heavy atom. The molecule has 0 spiro atoms. The molecule has 2 aromatic rings. The van der Waals surface area contributed by atoms with Gasteiger partial charge in [-0.2, -0.15) is 0 Å². The zero-order valence-corrected chi connectivity index (χ0v) is 45.5. The summed E-state index contributed by atoms with van der Waals surface area (Å²) in [6, 6.07) is 19.9. The first kappa shape index (κ1) is 62.8. The maximum Gasteiger partial charge on any atom is 2.00 e. The molecule has 11 heteroatoms. The molecule has 0 aliphatic heterocycles. The molecule has 364 valence electrons. The summed E-state index contributed by atoms with van der Waals surface area (Å²) < 4.78 is 22.0. The number of aliphatic carboxylic acids is 2. The van der Waals surface area contributed by atoms with Crippen molar-refractivity contribution in [3.8, 4) is 0 Å². The molecule has 0 aromatic heterocycles. The van der Waals surface area contributed by atoms with Gasteiger partial charge in [-0.3, -0.25) is 9.59 Å². The Labute approximate surface area is 434 Å². The van der Waals surface area contributed by atoms with E-state index in [1.54, 1.807) is 0 Å². The van der Waals surface area contributed by atoms with Crippen LogP contribution in [0.1, 0.15) is 219 Å². The fourth-order valence-electron chi connectivity index (χ4n) is 7.80. The number of carboxylic acids is 2. The van der Waals surface area contributed by atoms with Gasteiger partial charge in [-0.25, -0.2) is 0 Å². The number of carboxylic acid groups (broad SMARTS) is 2. The van der Waals surface area contributed by atoms with Crippen molar-refractivity contribution in [2.45, 2.75) is 245 Å². The number of hydrogen-bond donors (Lipinski definition) is 0. The van der Waals surface area contributed by atoms with Crippen LogP contribution >= 0.6 is 0 Å². The minimum Gasteiger partial charge on any atom is -0.546 e. The number of unbranched alkanes of at least 4 members (excludes halogenated alkanes) is 20. The fraction of sp³-hybridized carbons (Fsp3) is 0.704. The quantitative estimate of drug-likeness (QED) is 0.0358. The minimum atomic E-state index is -1.35. The monoisotopic (exact) mass is 1030 g/mol. The molecule has 0 bridgehead atoms. The molecule has 65 heavy (non-hydrogen) atoms. The van der Waals surface area contributed by atoms with E-state index in [0.29, 0.717) is 26.1 Å². The van der Waals surface area contributed by atoms with Gasteiger partial charge in [0.05, 0.1) is 37.4 Å². The zero-order chi connectivity index (χ0) is 46.9. The summed E-state index contributed by atoms with van der Waals surface area (Å²) in [5, 5.41) is 22.5. The number of carbonyl (C=O) groups is 4. The molecule has 0 aliphatic rings. The molecular formula is C54H86BaO10. The van der Waals surface area contributed by atoms with Crippen molar-refractivity contribution in [2.75, 3.05) is 0 Å². The number of rotatable bonds is 40. The molecule has 0 aliphatic carbocycles. The maximum atomic E-state index is 11.3. The van der Waals surface area contributed by atoms with Crippen LogP contribution in [0.15, 0.2) is 60.7 Å². The Kier molecular flexibility index (Phi) is 42.8. The maximum absolute atomic E-state index is 11.3. The van der Waals surface area contributed by atoms with E-state index in [1.165, 1.54) is 129 Å². The molecule has 2 rings (SSSR count). The fourth-order valence-corrected chi connectivity index (χ4v) is 7.80. The summed E-state index contributed by atoms with van der Waals surface area (Å²) in [6.45, 7) is 7.91. The first-order chi connectivity index (χ1) is 31.0. The molecule has 10 nitrogen and oxygen atoms in total. The van der Waals surface area contributed by atoms with Crippen molar-refractivity contribution in [1.29, 1.82) is 0 Å². The van der Waals surface area contributed by atoms with Crippen molar-refractivity contribution in [3.05, 3.63) is 71.8 Å². The Bertz CT molecular complexity index is 1320. The Balaban J connectivity index is 0.00000124. The molecule has 0 saturated heterocycles. The van der Waals surface area contributed by atoms with Crippen molar-refractivity contribution < 1.29 is 48.3 Å². The third-order valence-corrected chi connectivity index (χ3v) is 11.6. The van der Waals surface area contributed by atoms with E-state index in [1.807, 2.05) is 60.7 Å². The Morgan fingerprint density at radius 1 is 0.415 bits per heavy atom. The molecule has 2 aromatic carbocycles. The largest absolute Gasteiger partial charge is 2.00 e. The average Bonchev–Trinajstić information content (AvgIpc) is 3.28. The predicted octanol–water partition coefficient (Wildman–Crippen LogP) is 11.1. The topological polar surface area (TPSA) is 151 Å². The second kappa shape index (κ2) is 44.3. The standard InChI is InChI=1S/2C27H44O5.Ba/c2*1-3-4-5-6-7-8-9-10-11-12-16-19-25(31-22-24-17-14-13-15-18-24)20-21-26(27(29)30)32-23(2)28;/h2*13-15,17-18,25-26H,3-12,16,19-22H2,1-2H3,(H,29,30);/q;;+2/p-2. The van der Waals surface area contributed by atoms with Crippen LogP contribution in [0.25, 0.3) is 0 Å². The number of hydrogen-bond acceptors (Lipinski definition) is 10. The van der Waals surface area contributed by atoms with Crippen LogP contribution in [-0.2, 0) is 51.3 Å². The van der Waals surface area contributed by atoms with Crippen molar-refractivity contribution in [2.24, 2.45) is 0 Å². The van der Waals surface area contributed by atoms with E-state index >= 15 is 0 Å². The normalized spacial score (nSPS) is 12.7. The van der Waals surface area contributed by atoms with Gasteiger partial charge in [-0.15, -0.1) is 0 Å². The van der Waals surface area contributed by atoms with Crippen LogP contribution in [0, 0.1) is 0 Å². The number of ether oxygens (including phenoxy) is 4. The number of carbonyl (C=O) groups excluding carboxylic acids is 4. The number of esters is 2. The number of benzene rings is 2. The van der Waals surface area contributed by atoms with Crippen molar-refractivity contribution >= 4 is 72.8 Å². The van der Waals surface area contributed by atoms with E-state index in [-0.39, 0.29) is 73.9 Å². The minimum absolute atomic E-state index is 0. The van der Waals surface area contributed by atoms with Gasteiger partial charge in [-0.1, -0.05) is 216 Å². The van der Waals surface area contributed by atoms with Crippen LogP contribution < -0.4 is 10.2 Å². The third-order valence-electron chi connectivity index (χ3n) is 11.6. The van der Waals surface area contributed by atoms with Gasteiger partial charge in [0.2, 0.25) is 0 Å². The van der Waals surface area contributed by atoms with E-state index < -0.39 is 36.1 Å². The van der Waals surface area contributed by atoms with Crippen LogP contribution in [-0.4, -0.2) is 97.2 Å². The van der Waals surface area contributed by atoms with Gasteiger partial charge in [0.15, 0.2) is 0 Å². The molecule has 4 unspecified atom stereocenters. The smallest absolute Gasteiger partial charge is 0.546 e. The summed E-state index contributed by atoms with van der Waals surface area (Å²) in [5.41, 5.74) is 2.18. The summed E-state index contributed by atoms with van der Waals surface area (Å²) in [4.78, 5) is 44.8. The average molecular weight is 1030 g/mol. The SMILES string of the molecule is CCCCCCCCCCCCCC(CCC(OC(C)=O)C(=O)[O-])OCc1ccccc1.CCCCCCCCCCCCCC(CCC(OC(C)=O)C(=O)[O-])OCc1ccccc1.[Ba+2]. The molecule has 4 atom stereocenters. The zero-order valence-electron chi connectivity index (χ0n) is 41.1.